The SMILES string of the molecule is COc1nc(N[C@H]2CCN([C@@H](C)CO)C[C@H]2F)nn2ccc(-c3ccc4ncccc4c3)c12. The Kier molecular flexibility index (Phi) is 5.82. The molecular weight excluding hydrogens is 423 g/mol. The van der Waals surface area contributed by atoms with Crippen LogP contribution < -0.4 is 10.1 Å². The predicted molar refractivity (Wildman–Crippen MR) is 125 cm³/mol. The van der Waals surface area contributed by atoms with Gasteiger partial charge in [0.2, 0.25) is 11.8 Å². The monoisotopic (exact) mass is 450 g/mol. The molecule has 0 aliphatic carbocycles. The van der Waals surface area contributed by atoms with Gasteiger partial charge in [-0.15, -0.1) is 5.10 Å². The third-order valence-electron chi connectivity index (χ3n) is 6.36. The molecule has 8 nitrogen and oxygen atoms in total. The van der Waals surface area contributed by atoms with Crippen LogP contribution in [-0.4, -0.2) is 74.7 Å². The number of nitrogens with zero attached hydrogens (tertiary/aromatic N) is 5. The molecule has 1 saturated heterocycles. The van der Waals surface area contributed by atoms with Crippen LogP contribution in [0.5, 0.6) is 5.88 Å². The van der Waals surface area contributed by atoms with Crippen LogP contribution in [0.4, 0.5) is 10.3 Å². The number of benzene rings is 1. The molecule has 33 heavy (non-hydrogen) atoms. The number of aliphatic hydroxyl groups excluding tert-OH is 1. The maximum atomic E-state index is 14.8. The Labute approximate surface area is 191 Å². The van der Waals surface area contributed by atoms with Crippen LogP contribution in [0.25, 0.3) is 27.5 Å². The zero-order chi connectivity index (χ0) is 22.9. The van der Waals surface area contributed by atoms with Gasteiger partial charge >= 0.3 is 0 Å². The number of rotatable bonds is 6. The number of hydrogen-bond acceptors (Lipinski definition) is 7. The molecule has 1 aliphatic rings. The van der Waals surface area contributed by atoms with E-state index < -0.39 is 12.2 Å². The Bertz CT molecular complexity index is 1280. The molecule has 4 aromatic rings. The van der Waals surface area contributed by atoms with E-state index in [-0.39, 0.29) is 19.2 Å². The Morgan fingerprint density at radius 2 is 2.18 bits per heavy atom. The standard InChI is InChI=1S/C24H27FN6O2/c1-15(14-32)30-10-8-21(19(25)13-30)27-24-28-23(33-2)22-18(7-11-31(22)29-24)16-5-6-20-17(12-16)4-3-9-26-20/h3-7,9,11-12,15,19,21,32H,8,10,13-14H2,1-2H3,(H,27,29)/t15-,19+,21-/m0/s1. The first-order chi connectivity index (χ1) is 16.1. The Balaban J connectivity index is 1.43. The molecule has 1 aromatic carbocycles. The number of anilines is 1. The number of alkyl halides is 1. The molecule has 0 saturated carbocycles. The third kappa shape index (κ3) is 4.09. The lowest BCUT2D eigenvalue weighted by Gasteiger charge is -2.37. The number of aliphatic hydroxyl groups is 1. The average molecular weight is 451 g/mol. The van der Waals surface area contributed by atoms with Gasteiger partial charge in [-0.25, -0.2) is 8.91 Å². The fraction of sp³-hybridized carbons (Fsp3) is 0.375. The van der Waals surface area contributed by atoms with Gasteiger partial charge in [-0.3, -0.25) is 9.88 Å². The van der Waals surface area contributed by atoms with Crippen molar-refractivity contribution in [2.75, 3.05) is 32.1 Å². The summed E-state index contributed by atoms with van der Waals surface area (Å²) < 4.78 is 22.2. The largest absolute Gasteiger partial charge is 0.479 e. The van der Waals surface area contributed by atoms with Gasteiger partial charge < -0.3 is 15.2 Å². The minimum absolute atomic E-state index is 0.0193. The number of likely N-dealkylation sites (tertiary alicyclic amines) is 1. The van der Waals surface area contributed by atoms with E-state index in [2.05, 4.69) is 26.4 Å². The van der Waals surface area contributed by atoms with E-state index in [0.29, 0.717) is 24.8 Å². The molecule has 0 radical (unpaired) electrons. The highest BCUT2D eigenvalue weighted by molar-refractivity contribution is 5.90. The molecule has 4 heterocycles. The zero-order valence-corrected chi connectivity index (χ0v) is 18.6. The zero-order valence-electron chi connectivity index (χ0n) is 18.6. The summed E-state index contributed by atoms with van der Waals surface area (Å²) in [5, 5.41) is 18.1. The van der Waals surface area contributed by atoms with E-state index in [1.807, 2.05) is 48.4 Å². The van der Waals surface area contributed by atoms with Crippen molar-refractivity contribution in [1.29, 1.82) is 0 Å². The van der Waals surface area contributed by atoms with E-state index in [0.717, 1.165) is 27.5 Å². The number of aromatic nitrogens is 4. The average Bonchev–Trinajstić information content (AvgIpc) is 3.28. The number of fused-ring (bicyclic) bond motifs is 2. The van der Waals surface area contributed by atoms with Gasteiger partial charge in [0.15, 0.2) is 0 Å². The second-order valence-corrected chi connectivity index (χ2v) is 8.46. The Morgan fingerprint density at radius 3 is 2.97 bits per heavy atom. The number of methoxy groups -OCH3 is 1. The molecular formula is C24H27FN6O2. The van der Waals surface area contributed by atoms with Crippen molar-refractivity contribution in [1.82, 2.24) is 24.5 Å². The van der Waals surface area contributed by atoms with Gasteiger partial charge in [0.1, 0.15) is 11.7 Å². The lowest BCUT2D eigenvalue weighted by molar-refractivity contribution is 0.0672. The third-order valence-corrected chi connectivity index (χ3v) is 6.36. The van der Waals surface area contributed by atoms with Crippen LogP contribution in [0.2, 0.25) is 0 Å². The van der Waals surface area contributed by atoms with Crippen molar-refractivity contribution in [3.05, 3.63) is 48.8 Å². The smallest absolute Gasteiger partial charge is 0.244 e. The molecule has 1 aliphatic heterocycles. The van der Waals surface area contributed by atoms with Crippen LogP contribution >= 0.6 is 0 Å². The first-order valence-corrected chi connectivity index (χ1v) is 11.1. The number of hydrogen-bond donors (Lipinski definition) is 2. The highest BCUT2D eigenvalue weighted by Crippen LogP contribution is 2.33. The van der Waals surface area contributed by atoms with E-state index in [1.54, 1.807) is 17.8 Å². The van der Waals surface area contributed by atoms with Crippen LogP contribution in [-0.2, 0) is 0 Å². The molecule has 3 aromatic heterocycles. The first kappa shape index (κ1) is 21.5. The first-order valence-electron chi connectivity index (χ1n) is 11.1. The maximum Gasteiger partial charge on any atom is 0.244 e. The van der Waals surface area contributed by atoms with Gasteiger partial charge in [0, 0.05) is 42.5 Å². The number of halogens is 1. The van der Waals surface area contributed by atoms with E-state index in [9.17, 15) is 9.50 Å². The van der Waals surface area contributed by atoms with Crippen molar-refractivity contribution in [3.8, 4) is 17.0 Å². The quantitative estimate of drug-likeness (QED) is 0.467. The summed E-state index contributed by atoms with van der Waals surface area (Å²) in [6.07, 6.45) is 3.13. The molecule has 1 fully saturated rings. The van der Waals surface area contributed by atoms with Crippen LogP contribution in [0.3, 0.4) is 0 Å². The minimum Gasteiger partial charge on any atom is -0.479 e. The van der Waals surface area contributed by atoms with Crippen molar-refractivity contribution < 1.29 is 14.2 Å². The highest BCUT2D eigenvalue weighted by Gasteiger charge is 2.32. The summed E-state index contributed by atoms with van der Waals surface area (Å²) >= 11 is 0. The van der Waals surface area contributed by atoms with Gasteiger partial charge in [0.25, 0.3) is 0 Å². The molecule has 0 unspecified atom stereocenters. The van der Waals surface area contributed by atoms with Crippen molar-refractivity contribution in [2.24, 2.45) is 0 Å². The fourth-order valence-corrected chi connectivity index (χ4v) is 4.44. The summed E-state index contributed by atoms with van der Waals surface area (Å²) in [7, 11) is 1.57. The molecule has 9 heteroatoms. The second-order valence-electron chi connectivity index (χ2n) is 8.46. The summed E-state index contributed by atoms with van der Waals surface area (Å²) in [5.74, 6) is 0.737. The molecule has 172 valence electrons. The maximum absolute atomic E-state index is 14.8. The number of ether oxygens (including phenoxy) is 1. The molecule has 0 bridgehead atoms. The highest BCUT2D eigenvalue weighted by atomic mass is 19.1. The molecule has 5 rings (SSSR count). The fourth-order valence-electron chi connectivity index (χ4n) is 4.44. The van der Waals surface area contributed by atoms with Gasteiger partial charge in [0.05, 0.1) is 25.3 Å². The topological polar surface area (TPSA) is 87.8 Å². The summed E-state index contributed by atoms with van der Waals surface area (Å²) in [4.78, 5) is 10.9. The van der Waals surface area contributed by atoms with Gasteiger partial charge in [-0.2, -0.15) is 4.98 Å². The number of nitrogens with one attached hydrogen (secondary N) is 1. The number of piperidine rings is 1. The van der Waals surface area contributed by atoms with E-state index in [1.165, 1.54) is 0 Å². The van der Waals surface area contributed by atoms with E-state index in [4.69, 9.17) is 4.74 Å². The molecule has 3 atom stereocenters. The van der Waals surface area contributed by atoms with Gasteiger partial charge in [-0.05, 0) is 43.2 Å². The minimum atomic E-state index is -1.09. The number of pyridine rings is 1. The Hall–Kier alpha value is -3.30. The van der Waals surface area contributed by atoms with Gasteiger partial charge in [-0.1, -0.05) is 12.1 Å². The van der Waals surface area contributed by atoms with Crippen LogP contribution in [0.1, 0.15) is 13.3 Å². The Morgan fingerprint density at radius 1 is 1.30 bits per heavy atom. The summed E-state index contributed by atoms with van der Waals surface area (Å²) in [5.41, 5.74) is 3.63. The van der Waals surface area contributed by atoms with Crippen LogP contribution in [0, 0.1) is 0 Å². The lowest BCUT2D eigenvalue weighted by atomic mass is 10.0. The van der Waals surface area contributed by atoms with Crippen molar-refractivity contribution >= 4 is 22.4 Å². The summed E-state index contributed by atoms with van der Waals surface area (Å²) in [6.45, 7) is 2.89. The van der Waals surface area contributed by atoms with Crippen LogP contribution in [0.15, 0.2) is 48.8 Å². The lowest BCUT2D eigenvalue weighted by Crippen LogP contribution is -2.51. The normalized spacial score (nSPS) is 20.2. The molecule has 0 amide bonds. The molecule has 2 N–H and O–H groups in total. The predicted octanol–water partition coefficient (Wildman–Crippen LogP) is 3.16. The van der Waals surface area contributed by atoms with Crippen molar-refractivity contribution in [2.45, 2.75) is 31.6 Å². The molecule has 0 spiro atoms. The van der Waals surface area contributed by atoms with Crippen molar-refractivity contribution in [3.63, 3.8) is 0 Å². The van der Waals surface area contributed by atoms with E-state index >= 15 is 0 Å². The second kappa shape index (κ2) is 8.92. The summed E-state index contributed by atoms with van der Waals surface area (Å²) in [6, 6.07) is 11.5.